The van der Waals surface area contributed by atoms with E-state index in [1.54, 1.807) is 19.6 Å². The molecule has 0 spiro atoms. The van der Waals surface area contributed by atoms with Gasteiger partial charge in [-0.3, -0.25) is 4.79 Å². The Morgan fingerprint density at radius 1 is 1.25 bits per heavy atom. The number of nitrogens with one attached hydrogen (secondary N) is 2. The number of hydrogen-bond donors (Lipinski definition) is 2. The summed E-state index contributed by atoms with van der Waals surface area (Å²) in [5.41, 5.74) is 1.90. The fourth-order valence-corrected chi connectivity index (χ4v) is 2.50. The number of alkyl carbamates (subject to hydrolysis) is 1. The molecule has 1 aromatic heterocycles. The van der Waals surface area contributed by atoms with Crippen molar-refractivity contribution < 1.29 is 19.1 Å². The molecule has 2 aromatic rings. The molecule has 0 radical (unpaired) electrons. The van der Waals surface area contributed by atoms with Gasteiger partial charge >= 0.3 is 6.09 Å². The lowest BCUT2D eigenvalue weighted by Crippen LogP contribution is -2.34. The molecule has 0 aliphatic rings. The monoisotopic (exact) mass is 388 g/mol. The second-order valence-corrected chi connectivity index (χ2v) is 7.33. The maximum Gasteiger partial charge on any atom is 0.407 e. The molecule has 1 heterocycles. The van der Waals surface area contributed by atoms with E-state index in [2.05, 4.69) is 15.6 Å². The summed E-state index contributed by atoms with van der Waals surface area (Å²) in [6, 6.07) is 5.80. The van der Waals surface area contributed by atoms with E-state index in [4.69, 9.17) is 9.47 Å². The molecule has 2 rings (SSSR count). The van der Waals surface area contributed by atoms with E-state index >= 15 is 0 Å². The van der Waals surface area contributed by atoms with Gasteiger partial charge in [0.2, 0.25) is 0 Å². The Hall–Kier alpha value is -3.03. The largest absolute Gasteiger partial charge is 0.491 e. The normalized spacial score (nSPS) is 11.0. The van der Waals surface area contributed by atoms with Crippen LogP contribution in [0.2, 0.25) is 0 Å². The molecule has 2 N–H and O–H groups in total. The second-order valence-electron chi connectivity index (χ2n) is 7.33. The van der Waals surface area contributed by atoms with E-state index < -0.39 is 11.7 Å². The first-order valence-corrected chi connectivity index (χ1v) is 9.11. The molecule has 0 bridgehead atoms. The average molecular weight is 388 g/mol. The van der Waals surface area contributed by atoms with Crippen LogP contribution in [0.5, 0.6) is 5.75 Å². The second kappa shape index (κ2) is 9.25. The van der Waals surface area contributed by atoms with Gasteiger partial charge in [-0.05, 0) is 44.9 Å². The molecule has 0 atom stereocenters. The highest BCUT2D eigenvalue weighted by Crippen LogP contribution is 2.22. The number of benzene rings is 1. The highest BCUT2D eigenvalue weighted by molar-refractivity contribution is 5.91. The van der Waals surface area contributed by atoms with Crippen molar-refractivity contribution in [3.63, 3.8) is 0 Å². The Morgan fingerprint density at radius 2 is 2.00 bits per heavy atom. The number of amides is 2. The van der Waals surface area contributed by atoms with Crippen molar-refractivity contribution in [1.82, 2.24) is 20.2 Å². The number of imidazole rings is 1. The van der Waals surface area contributed by atoms with Gasteiger partial charge in [0, 0.05) is 19.8 Å². The highest BCUT2D eigenvalue weighted by Gasteiger charge is 2.15. The number of hydrogen-bond acceptors (Lipinski definition) is 5. The summed E-state index contributed by atoms with van der Waals surface area (Å²) in [5.74, 6) is 0.528. The van der Waals surface area contributed by atoms with Crippen molar-refractivity contribution in [3.8, 4) is 5.75 Å². The van der Waals surface area contributed by atoms with Gasteiger partial charge in [-0.2, -0.15) is 0 Å². The molecule has 0 saturated heterocycles. The van der Waals surface area contributed by atoms with E-state index in [-0.39, 0.29) is 5.91 Å². The van der Waals surface area contributed by atoms with Crippen molar-refractivity contribution in [1.29, 1.82) is 0 Å². The fraction of sp³-hybridized carbons (Fsp3) is 0.450. The lowest BCUT2D eigenvalue weighted by atomic mass is 10.1. The molecule has 0 aliphatic carbocycles. The molecular formula is C20H28N4O4. The first-order valence-electron chi connectivity index (χ1n) is 9.11. The molecule has 28 heavy (non-hydrogen) atoms. The molecule has 0 aliphatic heterocycles. The summed E-state index contributed by atoms with van der Waals surface area (Å²) >= 11 is 0. The van der Waals surface area contributed by atoms with Gasteiger partial charge < -0.3 is 24.7 Å². The third kappa shape index (κ3) is 6.29. The number of aromatic nitrogens is 2. The van der Waals surface area contributed by atoms with E-state index in [0.717, 1.165) is 16.9 Å². The van der Waals surface area contributed by atoms with Crippen molar-refractivity contribution in [2.24, 2.45) is 0 Å². The lowest BCUT2D eigenvalue weighted by Gasteiger charge is -2.19. The molecule has 0 fully saturated rings. The molecule has 8 heteroatoms. The minimum Gasteiger partial charge on any atom is -0.491 e. The standard InChI is InChI=1S/C20H28N4O4/c1-14-15(11-24-12-16(23-13-24)18(25)21-5)7-6-8-17(14)27-10-9-22-19(26)28-20(2,3)4/h6-8,12-13H,9-11H2,1-5H3,(H,21,25)(H,22,26). The zero-order chi connectivity index (χ0) is 20.7. The van der Waals surface area contributed by atoms with Gasteiger partial charge in [0.1, 0.15) is 23.7 Å². The summed E-state index contributed by atoms with van der Waals surface area (Å²) in [4.78, 5) is 27.4. The van der Waals surface area contributed by atoms with Crippen molar-refractivity contribution >= 4 is 12.0 Å². The molecule has 2 amide bonds. The van der Waals surface area contributed by atoms with E-state index in [1.807, 2.05) is 50.5 Å². The molecule has 152 valence electrons. The Kier molecular flexibility index (Phi) is 7.03. The summed E-state index contributed by atoms with van der Waals surface area (Å²) in [6.45, 7) is 8.66. The summed E-state index contributed by atoms with van der Waals surface area (Å²) in [5, 5.41) is 5.22. The minimum absolute atomic E-state index is 0.218. The summed E-state index contributed by atoms with van der Waals surface area (Å²) < 4.78 is 12.8. The first kappa shape index (κ1) is 21.3. The first-order chi connectivity index (χ1) is 13.2. The predicted molar refractivity (Wildman–Crippen MR) is 106 cm³/mol. The van der Waals surface area contributed by atoms with Crippen LogP contribution in [0.3, 0.4) is 0 Å². The van der Waals surface area contributed by atoms with E-state index in [9.17, 15) is 9.59 Å². The van der Waals surface area contributed by atoms with Crippen LogP contribution < -0.4 is 15.4 Å². The molecule has 0 saturated carbocycles. The SMILES string of the molecule is CNC(=O)c1cn(Cc2cccc(OCCNC(=O)OC(C)(C)C)c2C)cn1. The fourth-order valence-electron chi connectivity index (χ4n) is 2.50. The zero-order valence-corrected chi connectivity index (χ0v) is 17.0. The van der Waals surface area contributed by atoms with Crippen LogP contribution in [0.4, 0.5) is 4.79 Å². The van der Waals surface area contributed by atoms with Crippen LogP contribution in [0.15, 0.2) is 30.7 Å². The molecular weight excluding hydrogens is 360 g/mol. The van der Waals surface area contributed by atoms with Gasteiger partial charge in [-0.1, -0.05) is 12.1 Å². The third-order valence-electron chi connectivity index (χ3n) is 3.87. The van der Waals surface area contributed by atoms with Gasteiger partial charge in [-0.15, -0.1) is 0 Å². The van der Waals surface area contributed by atoms with Crippen LogP contribution in [0, 0.1) is 6.92 Å². The Labute approximate surface area is 165 Å². The quantitative estimate of drug-likeness (QED) is 0.711. The van der Waals surface area contributed by atoms with Gasteiger partial charge in [0.15, 0.2) is 0 Å². The van der Waals surface area contributed by atoms with Crippen LogP contribution in [0.1, 0.15) is 42.4 Å². The van der Waals surface area contributed by atoms with E-state index in [1.165, 1.54) is 0 Å². The van der Waals surface area contributed by atoms with Crippen molar-refractivity contribution in [2.75, 3.05) is 20.2 Å². The van der Waals surface area contributed by atoms with Gasteiger partial charge in [-0.25, -0.2) is 9.78 Å². The molecule has 1 aromatic carbocycles. The third-order valence-corrected chi connectivity index (χ3v) is 3.87. The number of nitrogens with zero attached hydrogens (tertiary/aromatic N) is 2. The lowest BCUT2D eigenvalue weighted by molar-refractivity contribution is 0.0520. The van der Waals surface area contributed by atoms with Gasteiger partial charge in [0.05, 0.1) is 12.9 Å². The molecule has 8 nitrogen and oxygen atoms in total. The van der Waals surface area contributed by atoms with Crippen molar-refractivity contribution in [3.05, 3.63) is 47.5 Å². The maximum absolute atomic E-state index is 11.6. The van der Waals surface area contributed by atoms with Crippen LogP contribution in [0.25, 0.3) is 0 Å². The molecule has 0 unspecified atom stereocenters. The Balaban J connectivity index is 1.91. The predicted octanol–water partition coefficient (Wildman–Crippen LogP) is 2.50. The van der Waals surface area contributed by atoms with Crippen LogP contribution in [-0.4, -0.2) is 47.4 Å². The van der Waals surface area contributed by atoms with Crippen LogP contribution in [-0.2, 0) is 11.3 Å². The van der Waals surface area contributed by atoms with E-state index in [0.29, 0.717) is 25.4 Å². The Morgan fingerprint density at radius 3 is 2.68 bits per heavy atom. The number of ether oxygens (including phenoxy) is 2. The van der Waals surface area contributed by atoms with Gasteiger partial charge in [0.25, 0.3) is 5.91 Å². The number of carbonyl (C=O) groups is 2. The maximum atomic E-state index is 11.6. The summed E-state index contributed by atoms with van der Waals surface area (Å²) in [7, 11) is 1.57. The average Bonchev–Trinajstić information content (AvgIpc) is 3.08. The van der Waals surface area contributed by atoms with Crippen molar-refractivity contribution in [2.45, 2.75) is 39.8 Å². The Bertz CT molecular complexity index is 824. The number of carbonyl (C=O) groups excluding carboxylic acids is 2. The number of rotatable bonds is 7. The summed E-state index contributed by atoms with van der Waals surface area (Å²) in [6.07, 6.45) is 2.87. The highest BCUT2D eigenvalue weighted by atomic mass is 16.6. The zero-order valence-electron chi connectivity index (χ0n) is 17.0. The van der Waals surface area contributed by atoms with Crippen LogP contribution >= 0.6 is 0 Å². The minimum atomic E-state index is -0.527. The topological polar surface area (TPSA) is 94.5 Å². The smallest absolute Gasteiger partial charge is 0.407 e.